The van der Waals surface area contributed by atoms with E-state index in [0.29, 0.717) is 11.3 Å². The van der Waals surface area contributed by atoms with E-state index in [-0.39, 0.29) is 11.9 Å². The molecule has 0 aliphatic heterocycles. The summed E-state index contributed by atoms with van der Waals surface area (Å²) in [5, 5.41) is 2.96. The molecule has 0 spiro atoms. The lowest BCUT2D eigenvalue weighted by Crippen LogP contribution is -2.32. The molecule has 4 nitrogen and oxygen atoms in total. The molecule has 1 atom stereocenters. The molecule has 0 heterocycles. The number of nitrogens with zero attached hydrogens (tertiary/aromatic N) is 1. The van der Waals surface area contributed by atoms with Crippen LogP contribution in [0.4, 0.5) is 11.4 Å². The Bertz CT molecular complexity index is 416. The summed E-state index contributed by atoms with van der Waals surface area (Å²) in [5.74, 6) is -0.0621. The van der Waals surface area contributed by atoms with E-state index < -0.39 is 0 Å². The molecule has 4 heteroatoms. The number of carbonyl (C=O) groups is 1. The molecule has 0 aliphatic rings. The van der Waals surface area contributed by atoms with Crippen molar-refractivity contribution in [3.05, 3.63) is 23.8 Å². The fourth-order valence-electron chi connectivity index (χ4n) is 1.92. The van der Waals surface area contributed by atoms with Gasteiger partial charge in [-0.05, 0) is 31.5 Å². The number of nitrogens with one attached hydrogen (secondary N) is 1. The summed E-state index contributed by atoms with van der Waals surface area (Å²) in [6.45, 7) is 4.12. The fourth-order valence-corrected chi connectivity index (χ4v) is 1.92. The fraction of sp³-hybridized carbons (Fsp3) is 0.500. The number of hydrogen-bond donors (Lipinski definition) is 2. The summed E-state index contributed by atoms with van der Waals surface area (Å²) < 4.78 is 0. The van der Waals surface area contributed by atoms with Gasteiger partial charge in [0.05, 0.1) is 11.4 Å². The van der Waals surface area contributed by atoms with Crippen LogP contribution in [0.25, 0.3) is 0 Å². The minimum atomic E-state index is -0.0621. The molecular weight excluding hydrogens is 226 g/mol. The molecule has 100 valence electrons. The number of rotatable bonds is 5. The van der Waals surface area contributed by atoms with Crippen LogP contribution in [0.3, 0.4) is 0 Å². The Kier molecular flexibility index (Phi) is 5.01. The van der Waals surface area contributed by atoms with E-state index in [4.69, 9.17) is 5.73 Å². The Morgan fingerprint density at radius 1 is 1.44 bits per heavy atom. The Morgan fingerprint density at radius 3 is 2.61 bits per heavy atom. The van der Waals surface area contributed by atoms with Gasteiger partial charge in [-0.1, -0.05) is 13.3 Å². The van der Waals surface area contributed by atoms with Crippen LogP contribution in [-0.4, -0.2) is 26.0 Å². The molecule has 0 saturated heterocycles. The van der Waals surface area contributed by atoms with E-state index in [1.165, 1.54) is 0 Å². The lowest BCUT2D eigenvalue weighted by atomic mass is 10.1. The van der Waals surface area contributed by atoms with Gasteiger partial charge in [0.25, 0.3) is 5.91 Å². The number of benzene rings is 1. The van der Waals surface area contributed by atoms with Gasteiger partial charge in [-0.15, -0.1) is 0 Å². The van der Waals surface area contributed by atoms with E-state index in [9.17, 15) is 4.79 Å². The smallest absolute Gasteiger partial charge is 0.251 e. The summed E-state index contributed by atoms with van der Waals surface area (Å²) in [5.41, 5.74) is 8.09. The van der Waals surface area contributed by atoms with Crippen LogP contribution < -0.4 is 16.0 Å². The second kappa shape index (κ2) is 6.28. The quantitative estimate of drug-likeness (QED) is 0.787. The number of carbonyl (C=O) groups excluding carboxylic acids is 1. The number of amides is 1. The van der Waals surface area contributed by atoms with E-state index in [2.05, 4.69) is 12.2 Å². The van der Waals surface area contributed by atoms with Crippen LogP contribution in [0.15, 0.2) is 18.2 Å². The Balaban J connectivity index is 2.78. The van der Waals surface area contributed by atoms with Crippen molar-refractivity contribution in [1.82, 2.24) is 5.32 Å². The van der Waals surface area contributed by atoms with Gasteiger partial charge in [-0.3, -0.25) is 4.79 Å². The third-order valence-corrected chi connectivity index (χ3v) is 2.87. The summed E-state index contributed by atoms with van der Waals surface area (Å²) in [6, 6.07) is 5.59. The Morgan fingerprint density at radius 2 is 2.11 bits per heavy atom. The highest BCUT2D eigenvalue weighted by Crippen LogP contribution is 2.22. The molecule has 0 aliphatic carbocycles. The van der Waals surface area contributed by atoms with Crippen molar-refractivity contribution >= 4 is 17.3 Å². The minimum absolute atomic E-state index is 0.0621. The third kappa shape index (κ3) is 3.65. The largest absolute Gasteiger partial charge is 0.397 e. The maximum Gasteiger partial charge on any atom is 0.251 e. The van der Waals surface area contributed by atoms with Gasteiger partial charge in [0.1, 0.15) is 0 Å². The van der Waals surface area contributed by atoms with Crippen molar-refractivity contribution < 1.29 is 4.79 Å². The first-order chi connectivity index (χ1) is 8.45. The molecule has 0 fully saturated rings. The maximum atomic E-state index is 12.0. The molecule has 1 aromatic carbocycles. The minimum Gasteiger partial charge on any atom is -0.397 e. The summed E-state index contributed by atoms with van der Waals surface area (Å²) in [6.07, 6.45) is 2.04. The van der Waals surface area contributed by atoms with Crippen LogP contribution >= 0.6 is 0 Å². The Hall–Kier alpha value is -1.71. The zero-order chi connectivity index (χ0) is 13.7. The second-order valence-corrected chi connectivity index (χ2v) is 4.83. The van der Waals surface area contributed by atoms with E-state index in [1.54, 1.807) is 12.1 Å². The molecule has 18 heavy (non-hydrogen) atoms. The monoisotopic (exact) mass is 249 g/mol. The van der Waals surface area contributed by atoms with Gasteiger partial charge in [0.15, 0.2) is 0 Å². The highest BCUT2D eigenvalue weighted by Gasteiger charge is 2.11. The number of anilines is 2. The van der Waals surface area contributed by atoms with Crippen molar-refractivity contribution in [2.75, 3.05) is 24.7 Å². The number of nitrogens with two attached hydrogens (primary N) is 1. The lowest BCUT2D eigenvalue weighted by Gasteiger charge is -2.17. The van der Waals surface area contributed by atoms with Gasteiger partial charge < -0.3 is 16.0 Å². The third-order valence-electron chi connectivity index (χ3n) is 2.87. The van der Waals surface area contributed by atoms with E-state index in [0.717, 1.165) is 18.5 Å². The Labute approximate surface area is 109 Å². The van der Waals surface area contributed by atoms with Crippen molar-refractivity contribution in [1.29, 1.82) is 0 Å². The summed E-state index contributed by atoms with van der Waals surface area (Å²) in [7, 11) is 3.85. The first-order valence-corrected chi connectivity index (χ1v) is 6.33. The molecule has 0 aromatic heterocycles. The van der Waals surface area contributed by atoms with Gasteiger partial charge in [-0.2, -0.15) is 0 Å². The molecule has 3 N–H and O–H groups in total. The topological polar surface area (TPSA) is 58.4 Å². The highest BCUT2D eigenvalue weighted by molar-refractivity contribution is 5.96. The van der Waals surface area contributed by atoms with Gasteiger partial charge >= 0.3 is 0 Å². The summed E-state index contributed by atoms with van der Waals surface area (Å²) >= 11 is 0. The number of nitrogen functional groups attached to an aromatic ring is 1. The maximum absolute atomic E-state index is 12.0. The molecule has 0 bridgehead atoms. The van der Waals surface area contributed by atoms with Crippen molar-refractivity contribution in [2.24, 2.45) is 0 Å². The van der Waals surface area contributed by atoms with Crippen molar-refractivity contribution in [2.45, 2.75) is 32.7 Å². The average Bonchev–Trinajstić information content (AvgIpc) is 2.28. The van der Waals surface area contributed by atoms with Crippen molar-refractivity contribution in [3.63, 3.8) is 0 Å². The zero-order valence-electron chi connectivity index (χ0n) is 11.7. The molecule has 1 rings (SSSR count). The van der Waals surface area contributed by atoms with Crippen LogP contribution in [-0.2, 0) is 0 Å². The zero-order valence-corrected chi connectivity index (χ0v) is 11.7. The van der Waals surface area contributed by atoms with Gasteiger partial charge in [-0.25, -0.2) is 0 Å². The lowest BCUT2D eigenvalue weighted by molar-refractivity contribution is 0.0938. The molecular formula is C14H23N3O. The van der Waals surface area contributed by atoms with E-state index in [1.807, 2.05) is 32.0 Å². The molecule has 1 amide bonds. The molecule has 1 unspecified atom stereocenters. The predicted octanol–water partition coefficient (Wildman–Crippen LogP) is 2.25. The van der Waals surface area contributed by atoms with Crippen LogP contribution in [0.1, 0.15) is 37.0 Å². The van der Waals surface area contributed by atoms with Crippen LogP contribution in [0.2, 0.25) is 0 Å². The highest BCUT2D eigenvalue weighted by atomic mass is 16.1. The van der Waals surface area contributed by atoms with E-state index >= 15 is 0 Å². The van der Waals surface area contributed by atoms with Gasteiger partial charge in [0, 0.05) is 25.7 Å². The predicted molar refractivity (Wildman–Crippen MR) is 77.0 cm³/mol. The molecule has 0 radical (unpaired) electrons. The standard InChI is InChI=1S/C14H23N3O/c1-5-6-10(2)16-14(18)11-7-8-13(17(3)4)12(15)9-11/h7-10H,5-6,15H2,1-4H3,(H,16,18). The SMILES string of the molecule is CCCC(C)NC(=O)c1ccc(N(C)C)c(N)c1. The first kappa shape index (κ1) is 14.4. The molecule has 0 saturated carbocycles. The summed E-state index contributed by atoms with van der Waals surface area (Å²) in [4.78, 5) is 13.9. The van der Waals surface area contributed by atoms with Gasteiger partial charge in [0.2, 0.25) is 0 Å². The number of hydrogen-bond acceptors (Lipinski definition) is 3. The van der Waals surface area contributed by atoms with Crippen molar-refractivity contribution in [3.8, 4) is 0 Å². The average molecular weight is 249 g/mol. The molecule has 1 aromatic rings. The normalized spacial score (nSPS) is 12.0. The second-order valence-electron chi connectivity index (χ2n) is 4.83. The first-order valence-electron chi connectivity index (χ1n) is 6.33. The van der Waals surface area contributed by atoms with Crippen LogP contribution in [0.5, 0.6) is 0 Å². The van der Waals surface area contributed by atoms with Crippen LogP contribution in [0, 0.1) is 0 Å².